The first kappa shape index (κ1) is 34.1. The van der Waals surface area contributed by atoms with Crippen molar-refractivity contribution in [1.82, 2.24) is 0 Å². The van der Waals surface area contributed by atoms with Crippen LogP contribution in [0.4, 0.5) is 0 Å². The van der Waals surface area contributed by atoms with Crippen LogP contribution in [0.25, 0.3) is 33.0 Å². The zero-order chi connectivity index (χ0) is 36.2. The van der Waals surface area contributed by atoms with Crippen LogP contribution < -0.4 is 0 Å². The number of hydrogen-bond acceptors (Lipinski definition) is 0. The molecule has 0 saturated heterocycles. The Bertz CT molecular complexity index is 2180. The fraction of sp³-hybridized carbons (Fsp3) is 0.462. The Morgan fingerprint density at radius 1 is 0.596 bits per heavy atom. The van der Waals surface area contributed by atoms with Gasteiger partial charge >= 0.3 is 0 Å². The summed E-state index contributed by atoms with van der Waals surface area (Å²) in [5, 5.41) is 2.86. The van der Waals surface area contributed by atoms with E-state index in [4.69, 9.17) is 0 Å². The highest BCUT2D eigenvalue weighted by Crippen LogP contribution is 2.69. The first-order valence-corrected chi connectivity index (χ1v) is 21.1. The minimum absolute atomic E-state index is 0.0331. The first-order chi connectivity index (χ1) is 25.1. The lowest BCUT2D eigenvalue weighted by Crippen LogP contribution is -2.43. The summed E-state index contributed by atoms with van der Waals surface area (Å²) in [6.07, 6.45) is 17.3. The van der Waals surface area contributed by atoms with E-state index in [1.807, 2.05) is 0 Å². The molecule has 1 saturated carbocycles. The maximum Gasteiger partial charge on any atom is 0.0474 e. The Morgan fingerprint density at radius 2 is 1.25 bits per heavy atom. The molecule has 2 unspecified atom stereocenters. The summed E-state index contributed by atoms with van der Waals surface area (Å²) in [5.74, 6) is 2.34. The zero-order valence-corrected chi connectivity index (χ0v) is 33.3. The van der Waals surface area contributed by atoms with Crippen molar-refractivity contribution in [3.05, 3.63) is 129 Å². The molecule has 4 aromatic rings. The molecular weight excluding hydrogens is 625 g/mol. The second-order valence-corrected chi connectivity index (χ2v) is 18.2. The fourth-order valence-corrected chi connectivity index (χ4v) is 12.9. The van der Waals surface area contributed by atoms with Crippen LogP contribution in [0.15, 0.2) is 96.1 Å². The number of allylic oxidation sites excluding steroid dienone is 6. The molecule has 0 nitrogen and oxygen atoms in total. The predicted molar refractivity (Wildman–Crippen MR) is 224 cm³/mol. The van der Waals surface area contributed by atoms with Gasteiger partial charge in [-0.3, -0.25) is 0 Å². The van der Waals surface area contributed by atoms with Crippen LogP contribution in [0, 0.1) is 23.7 Å². The lowest BCUT2D eigenvalue weighted by Gasteiger charge is -2.49. The Balaban J connectivity index is 1.42. The molecule has 0 bridgehead atoms. The van der Waals surface area contributed by atoms with Crippen molar-refractivity contribution in [2.24, 2.45) is 23.7 Å². The molecule has 268 valence electrons. The van der Waals surface area contributed by atoms with E-state index in [0.717, 1.165) is 0 Å². The smallest absolute Gasteiger partial charge is 0.0474 e. The van der Waals surface area contributed by atoms with Crippen LogP contribution in [0.3, 0.4) is 0 Å². The molecule has 52 heavy (non-hydrogen) atoms. The third-order valence-corrected chi connectivity index (χ3v) is 15.1. The van der Waals surface area contributed by atoms with E-state index >= 15 is 0 Å². The normalized spacial score (nSPS) is 23.9. The minimum Gasteiger partial charge on any atom is -0.0654 e. The number of rotatable bonds is 7. The third kappa shape index (κ3) is 4.39. The predicted octanol–water partition coefficient (Wildman–Crippen LogP) is 14.5. The van der Waals surface area contributed by atoms with E-state index in [9.17, 15) is 0 Å². The Kier molecular flexibility index (Phi) is 8.01. The molecule has 2 atom stereocenters. The molecule has 5 aliphatic carbocycles. The van der Waals surface area contributed by atoms with Crippen LogP contribution in [0.1, 0.15) is 147 Å². The quantitative estimate of drug-likeness (QED) is 0.182. The van der Waals surface area contributed by atoms with Crippen molar-refractivity contribution in [3.8, 4) is 11.1 Å². The second kappa shape index (κ2) is 12.2. The zero-order valence-electron chi connectivity index (χ0n) is 33.3. The third-order valence-electron chi connectivity index (χ3n) is 15.1. The molecule has 9 rings (SSSR count). The largest absolute Gasteiger partial charge is 0.0654 e. The molecule has 5 aliphatic rings. The van der Waals surface area contributed by atoms with Crippen molar-refractivity contribution in [2.45, 2.75) is 129 Å². The summed E-state index contributed by atoms with van der Waals surface area (Å²) in [6, 6.07) is 29.0. The Hall–Kier alpha value is -3.64. The van der Waals surface area contributed by atoms with Gasteiger partial charge in [0.25, 0.3) is 0 Å². The van der Waals surface area contributed by atoms with Gasteiger partial charge in [0, 0.05) is 22.2 Å². The van der Waals surface area contributed by atoms with Crippen molar-refractivity contribution >= 4 is 21.9 Å². The van der Waals surface area contributed by atoms with E-state index in [2.05, 4.69) is 140 Å². The maximum absolute atomic E-state index is 2.90. The molecule has 0 aromatic heterocycles. The van der Waals surface area contributed by atoms with Gasteiger partial charge in [0.1, 0.15) is 0 Å². The average Bonchev–Trinajstić information content (AvgIpc) is 3.69. The van der Waals surface area contributed by atoms with Crippen LogP contribution in [-0.4, -0.2) is 0 Å². The Morgan fingerprint density at radius 3 is 1.98 bits per heavy atom. The van der Waals surface area contributed by atoms with Gasteiger partial charge in [0.05, 0.1) is 0 Å². The van der Waals surface area contributed by atoms with Crippen LogP contribution in [0.5, 0.6) is 0 Å². The van der Waals surface area contributed by atoms with Gasteiger partial charge in [0.15, 0.2) is 0 Å². The molecule has 0 N–H and O–H groups in total. The van der Waals surface area contributed by atoms with Gasteiger partial charge in [-0.15, -0.1) is 0 Å². The molecule has 0 amide bonds. The fourth-order valence-electron chi connectivity index (χ4n) is 12.9. The van der Waals surface area contributed by atoms with Gasteiger partial charge in [0.2, 0.25) is 0 Å². The van der Waals surface area contributed by atoms with Gasteiger partial charge in [-0.25, -0.2) is 0 Å². The number of hydrogen-bond donors (Lipinski definition) is 0. The number of benzene rings is 4. The summed E-state index contributed by atoms with van der Waals surface area (Å²) in [6.45, 7) is 19.8. The van der Waals surface area contributed by atoms with Crippen LogP contribution >= 0.6 is 0 Å². The van der Waals surface area contributed by atoms with Gasteiger partial charge in [-0.1, -0.05) is 165 Å². The average molecular weight is 685 g/mol. The highest BCUT2D eigenvalue weighted by Gasteiger charge is 2.58. The second-order valence-electron chi connectivity index (χ2n) is 18.2. The SMILES string of the molecule is CCC(CC)C1=CC2(c3ccc4c(c3-c3ccc5ccccc5c32)C(C)(C)C2=C4C(C)(C)c3ccccc32)C(C2CCCCC2)C(C(CC)CC)=C1. The van der Waals surface area contributed by atoms with E-state index in [-0.39, 0.29) is 16.2 Å². The molecule has 0 heteroatoms. The molecule has 0 radical (unpaired) electrons. The van der Waals surface area contributed by atoms with Crippen LogP contribution in [0.2, 0.25) is 0 Å². The summed E-state index contributed by atoms with van der Waals surface area (Å²) < 4.78 is 0. The monoisotopic (exact) mass is 684 g/mol. The van der Waals surface area contributed by atoms with Gasteiger partial charge in [-0.05, 0) is 128 Å². The summed E-state index contributed by atoms with van der Waals surface area (Å²) in [4.78, 5) is 0. The van der Waals surface area contributed by atoms with Crippen LogP contribution in [-0.2, 0) is 16.2 Å². The minimum atomic E-state index is -0.191. The molecule has 0 aliphatic heterocycles. The molecule has 4 aromatic carbocycles. The highest BCUT2D eigenvalue weighted by atomic mass is 14.6. The lowest BCUT2D eigenvalue weighted by atomic mass is 9.53. The van der Waals surface area contributed by atoms with Crippen molar-refractivity contribution in [1.29, 1.82) is 0 Å². The molecular formula is C52H60. The maximum atomic E-state index is 2.90. The summed E-state index contributed by atoms with van der Waals surface area (Å²) in [7, 11) is 0. The van der Waals surface area contributed by atoms with Gasteiger partial charge < -0.3 is 0 Å². The standard InChI is InChI=1S/C52H60/c1-9-32(10-2)36-30-41(33(11-3)12-4)45(35-21-14-13-15-22-35)52(31-36)43-29-28-40-47(44(43)39-27-26-34-20-16-17-23-37(34)46(39)52)51(7,8)48-38-24-18-19-25-42(38)50(5,6)49(40)48/h16-20,23-33,35,45H,9-15,21-22H2,1-8H3. The number of fused-ring (bicyclic) bond motifs is 12. The van der Waals surface area contributed by atoms with E-state index in [1.54, 1.807) is 44.5 Å². The summed E-state index contributed by atoms with van der Waals surface area (Å²) in [5.41, 5.74) is 18.5. The molecule has 1 fully saturated rings. The topological polar surface area (TPSA) is 0 Å². The van der Waals surface area contributed by atoms with Crippen molar-refractivity contribution in [3.63, 3.8) is 0 Å². The van der Waals surface area contributed by atoms with E-state index < -0.39 is 0 Å². The van der Waals surface area contributed by atoms with Crippen molar-refractivity contribution in [2.75, 3.05) is 0 Å². The Labute approximate surface area is 314 Å². The first-order valence-electron chi connectivity index (χ1n) is 21.1. The molecule has 1 spiro atoms. The highest BCUT2D eigenvalue weighted by molar-refractivity contribution is 6.12. The van der Waals surface area contributed by atoms with E-state index in [1.165, 1.54) is 90.8 Å². The molecule has 0 heterocycles. The van der Waals surface area contributed by atoms with Crippen molar-refractivity contribution < 1.29 is 0 Å². The van der Waals surface area contributed by atoms with Gasteiger partial charge in [-0.2, -0.15) is 0 Å². The summed E-state index contributed by atoms with van der Waals surface area (Å²) >= 11 is 0. The lowest BCUT2D eigenvalue weighted by molar-refractivity contribution is 0.210. The van der Waals surface area contributed by atoms with E-state index in [0.29, 0.717) is 23.7 Å².